The van der Waals surface area contributed by atoms with Crippen molar-refractivity contribution < 1.29 is 0 Å². The summed E-state index contributed by atoms with van der Waals surface area (Å²) in [6.45, 7) is 3.90. The van der Waals surface area contributed by atoms with Gasteiger partial charge in [-0.15, -0.1) is 0 Å². The molecule has 1 atom stereocenters. The Balaban J connectivity index is 2.48. The first kappa shape index (κ1) is 9.23. The molecule has 1 aliphatic heterocycles. The summed E-state index contributed by atoms with van der Waals surface area (Å²) < 4.78 is 0. The van der Waals surface area contributed by atoms with Gasteiger partial charge in [-0.3, -0.25) is 0 Å². The number of aryl methyl sites for hydroxylation is 1. The summed E-state index contributed by atoms with van der Waals surface area (Å²) in [5.41, 5.74) is 3.77. The molecule has 0 saturated carbocycles. The highest BCUT2D eigenvalue weighted by Gasteiger charge is 2.22. The molecule has 1 unspecified atom stereocenters. The van der Waals surface area contributed by atoms with Gasteiger partial charge in [0.15, 0.2) is 0 Å². The fourth-order valence-corrected chi connectivity index (χ4v) is 2.06. The van der Waals surface area contributed by atoms with Gasteiger partial charge in [-0.05, 0) is 25.1 Å². The highest BCUT2D eigenvalue weighted by molar-refractivity contribution is 5.39. The van der Waals surface area contributed by atoms with E-state index in [1.54, 1.807) is 0 Å². The van der Waals surface area contributed by atoms with Gasteiger partial charge >= 0.3 is 0 Å². The Kier molecular flexibility index (Phi) is 2.26. The third-order valence-corrected chi connectivity index (χ3v) is 2.77. The quantitative estimate of drug-likeness (QED) is 0.620. The predicted molar refractivity (Wildman–Crippen MR) is 55.9 cm³/mol. The lowest BCUT2D eigenvalue weighted by Crippen LogP contribution is -2.29. The molecule has 2 heteroatoms. The summed E-state index contributed by atoms with van der Waals surface area (Å²) >= 11 is 0. The second-order valence-corrected chi connectivity index (χ2v) is 4.08. The van der Waals surface area contributed by atoms with Gasteiger partial charge in [0.2, 0.25) is 0 Å². The van der Waals surface area contributed by atoms with E-state index in [0.717, 1.165) is 13.1 Å². The van der Waals surface area contributed by atoms with E-state index in [2.05, 4.69) is 43.1 Å². The van der Waals surface area contributed by atoms with Gasteiger partial charge < -0.3 is 4.90 Å². The fourth-order valence-electron chi connectivity index (χ4n) is 2.06. The van der Waals surface area contributed by atoms with Crippen LogP contribution in [0.25, 0.3) is 0 Å². The van der Waals surface area contributed by atoms with Crippen LogP contribution < -0.4 is 0 Å². The van der Waals surface area contributed by atoms with Crippen molar-refractivity contribution in [2.45, 2.75) is 19.4 Å². The van der Waals surface area contributed by atoms with Crippen LogP contribution in [0.3, 0.4) is 0 Å². The molecule has 1 aromatic carbocycles. The molecule has 0 amide bonds. The first-order chi connectivity index (χ1) is 6.70. The van der Waals surface area contributed by atoms with Gasteiger partial charge in [0, 0.05) is 13.1 Å². The summed E-state index contributed by atoms with van der Waals surface area (Å²) in [5.74, 6) is 0.0450. The fraction of sp³-hybridized carbons (Fsp3) is 0.417. The van der Waals surface area contributed by atoms with E-state index in [1.165, 1.54) is 16.7 Å². The highest BCUT2D eigenvalue weighted by Crippen LogP contribution is 2.27. The lowest BCUT2D eigenvalue weighted by atomic mass is 9.90. The number of likely N-dealkylation sites (N-methyl/N-ethyl adjacent to an activating group) is 1. The van der Waals surface area contributed by atoms with Gasteiger partial charge in [-0.2, -0.15) is 5.26 Å². The van der Waals surface area contributed by atoms with Crippen molar-refractivity contribution in [1.29, 1.82) is 5.26 Å². The third kappa shape index (κ3) is 1.51. The molecule has 14 heavy (non-hydrogen) atoms. The van der Waals surface area contributed by atoms with Crippen LogP contribution in [-0.2, 0) is 6.54 Å². The van der Waals surface area contributed by atoms with Gasteiger partial charge in [0.1, 0.15) is 0 Å². The van der Waals surface area contributed by atoms with Gasteiger partial charge in [0.05, 0.1) is 12.0 Å². The van der Waals surface area contributed by atoms with Crippen LogP contribution in [0.4, 0.5) is 0 Å². The molecule has 0 fully saturated rings. The number of nitrogens with zero attached hydrogens (tertiary/aromatic N) is 2. The van der Waals surface area contributed by atoms with E-state index in [0.29, 0.717) is 0 Å². The smallest absolute Gasteiger partial charge is 0.0842 e. The second kappa shape index (κ2) is 3.43. The van der Waals surface area contributed by atoms with Gasteiger partial charge in [0.25, 0.3) is 0 Å². The maximum atomic E-state index is 9.07. The number of hydrogen-bond donors (Lipinski definition) is 0. The zero-order chi connectivity index (χ0) is 10.1. The molecular weight excluding hydrogens is 172 g/mol. The predicted octanol–water partition coefficient (Wildman–Crippen LogP) is 2.05. The Labute approximate surface area is 84.8 Å². The maximum absolute atomic E-state index is 9.07. The molecule has 0 aromatic heterocycles. The summed E-state index contributed by atoms with van der Waals surface area (Å²) in [6, 6.07) is 8.79. The van der Waals surface area contributed by atoms with E-state index < -0.39 is 0 Å². The number of fused-ring (bicyclic) bond motifs is 1. The molecule has 0 N–H and O–H groups in total. The van der Waals surface area contributed by atoms with Crippen LogP contribution in [0.1, 0.15) is 22.6 Å². The van der Waals surface area contributed by atoms with Crippen molar-refractivity contribution in [2.75, 3.05) is 13.6 Å². The number of nitriles is 1. The van der Waals surface area contributed by atoms with Crippen molar-refractivity contribution in [3.63, 3.8) is 0 Å². The minimum atomic E-state index is 0.0450. The summed E-state index contributed by atoms with van der Waals surface area (Å²) in [5, 5.41) is 9.07. The molecule has 0 aliphatic carbocycles. The van der Waals surface area contributed by atoms with Crippen LogP contribution in [0.15, 0.2) is 18.2 Å². The van der Waals surface area contributed by atoms with Crippen LogP contribution in [0.2, 0.25) is 0 Å². The highest BCUT2D eigenvalue weighted by atomic mass is 15.1. The Morgan fingerprint density at radius 3 is 3.00 bits per heavy atom. The molecule has 0 saturated heterocycles. The second-order valence-electron chi connectivity index (χ2n) is 4.08. The average molecular weight is 186 g/mol. The maximum Gasteiger partial charge on any atom is 0.0842 e. The minimum Gasteiger partial charge on any atom is -0.300 e. The Hall–Kier alpha value is -1.33. The lowest BCUT2D eigenvalue weighted by Gasteiger charge is -2.28. The SMILES string of the molecule is Cc1ccc2c(c1)C(C#N)CN(C)C2. The summed E-state index contributed by atoms with van der Waals surface area (Å²) in [4.78, 5) is 2.20. The molecule has 1 heterocycles. The number of hydrogen-bond acceptors (Lipinski definition) is 2. The molecule has 0 radical (unpaired) electrons. The molecule has 1 aromatic rings. The van der Waals surface area contributed by atoms with Gasteiger partial charge in [-0.1, -0.05) is 23.8 Å². The van der Waals surface area contributed by atoms with Crippen molar-refractivity contribution in [3.8, 4) is 6.07 Å². The third-order valence-electron chi connectivity index (χ3n) is 2.77. The Morgan fingerprint density at radius 2 is 2.29 bits per heavy atom. The summed E-state index contributed by atoms with van der Waals surface area (Å²) in [6.07, 6.45) is 0. The van der Waals surface area contributed by atoms with E-state index in [9.17, 15) is 0 Å². The molecule has 0 bridgehead atoms. The van der Waals surface area contributed by atoms with Crippen molar-refractivity contribution in [1.82, 2.24) is 4.90 Å². The topological polar surface area (TPSA) is 27.0 Å². The van der Waals surface area contributed by atoms with Crippen molar-refractivity contribution >= 4 is 0 Å². The van der Waals surface area contributed by atoms with E-state index >= 15 is 0 Å². The number of rotatable bonds is 0. The summed E-state index contributed by atoms with van der Waals surface area (Å²) in [7, 11) is 2.06. The van der Waals surface area contributed by atoms with Gasteiger partial charge in [-0.25, -0.2) is 0 Å². The zero-order valence-corrected chi connectivity index (χ0v) is 8.62. The molecule has 2 nitrogen and oxygen atoms in total. The van der Waals surface area contributed by atoms with Crippen LogP contribution >= 0.6 is 0 Å². The zero-order valence-electron chi connectivity index (χ0n) is 8.62. The standard InChI is InChI=1S/C12H14N2/c1-9-3-4-10-7-14(2)8-11(6-13)12(10)5-9/h3-5,11H,7-8H2,1-2H3. The van der Waals surface area contributed by atoms with E-state index in [1.807, 2.05) is 0 Å². The first-order valence-corrected chi connectivity index (χ1v) is 4.88. The van der Waals surface area contributed by atoms with Crippen molar-refractivity contribution in [3.05, 3.63) is 34.9 Å². The first-order valence-electron chi connectivity index (χ1n) is 4.88. The molecule has 0 spiro atoms. The lowest BCUT2D eigenvalue weighted by molar-refractivity contribution is 0.300. The van der Waals surface area contributed by atoms with E-state index in [4.69, 9.17) is 5.26 Å². The van der Waals surface area contributed by atoms with Crippen LogP contribution in [0.5, 0.6) is 0 Å². The Morgan fingerprint density at radius 1 is 1.50 bits per heavy atom. The molecule has 72 valence electrons. The molecular formula is C12H14N2. The largest absolute Gasteiger partial charge is 0.300 e. The molecule has 2 rings (SSSR count). The normalized spacial score (nSPS) is 21.4. The van der Waals surface area contributed by atoms with E-state index in [-0.39, 0.29) is 5.92 Å². The monoisotopic (exact) mass is 186 g/mol. The molecule has 1 aliphatic rings. The van der Waals surface area contributed by atoms with Crippen LogP contribution in [-0.4, -0.2) is 18.5 Å². The number of benzene rings is 1. The Bertz CT molecular complexity index is 390. The van der Waals surface area contributed by atoms with Crippen LogP contribution in [0, 0.1) is 18.3 Å². The minimum absolute atomic E-state index is 0.0450. The average Bonchev–Trinajstić information content (AvgIpc) is 2.17. The van der Waals surface area contributed by atoms with Crippen molar-refractivity contribution in [2.24, 2.45) is 0 Å².